The number of hydrogen-bond acceptors (Lipinski definition) is 1. The molecule has 0 aliphatic heterocycles. The van der Waals surface area contributed by atoms with E-state index in [4.69, 9.17) is 16.7 Å². The Kier molecular flexibility index (Phi) is 4.40. The fourth-order valence-corrected chi connectivity index (χ4v) is 2.15. The Morgan fingerprint density at radius 2 is 1.79 bits per heavy atom. The van der Waals surface area contributed by atoms with Crippen molar-refractivity contribution in [2.45, 2.75) is 0 Å². The van der Waals surface area contributed by atoms with E-state index in [-0.39, 0.29) is 5.56 Å². The Bertz CT molecular complexity index is 633. The summed E-state index contributed by atoms with van der Waals surface area (Å²) in [6, 6.07) is 12.5. The molecule has 0 amide bonds. The third-order valence-corrected chi connectivity index (χ3v) is 3.45. The van der Waals surface area contributed by atoms with E-state index in [1.165, 1.54) is 6.07 Å². The zero-order valence-electron chi connectivity index (χ0n) is 9.81. The lowest BCUT2D eigenvalue weighted by molar-refractivity contribution is 0.0696. The molecular formula is C15H10BrClO2. The first-order valence-corrected chi connectivity index (χ1v) is 6.70. The first-order chi connectivity index (χ1) is 9.08. The number of aromatic carboxylic acids is 1. The van der Waals surface area contributed by atoms with Gasteiger partial charge in [-0.3, -0.25) is 0 Å². The second kappa shape index (κ2) is 6.04. The molecule has 0 aliphatic rings. The standard InChI is InChI=1S/C15H10BrClO2/c16-11-7-4-10(5-8-11)6-9-12-13(15(18)19)2-1-3-14(12)17/h1-9H,(H,18,19)/b9-6+. The largest absolute Gasteiger partial charge is 0.478 e. The summed E-state index contributed by atoms with van der Waals surface area (Å²) < 4.78 is 0.994. The summed E-state index contributed by atoms with van der Waals surface area (Å²) in [4.78, 5) is 11.1. The number of carboxylic acid groups (broad SMARTS) is 1. The monoisotopic (exact) mass is 336 g/mol. The van der Waals surface area contributed by atoms with Crippen LogP contribution in [0.3, 0.4) is 0 Å². The van der Waals surface area contributed by atoms with Crippen LogP contribution < -0.4 is 0 Å². The lowest BCUT2D eigenvalue weighted by atomic mass is 10.1. The van der Waals surface area contributed by atoms with Crippen LogP contribution >= 0.6 is 27.5 Å². The van der Waals surface area contributed by atoms with E-state index in [0.29, 0.717) is 10.6 Å². The molecule has 0 saturated heterocycles. The Hall–Kier alpha value is -1.58. The van der Waals surface area contributed by atoms with Crippen LogP contribution in [0.25, 0.3) is 12.2 Å². The van der Waals surface area contributed by atoms with Crippen molar-refractivity contribution in [2.24, 2.45) is 0 Å². The highest BCUT2D eigenvalue weighted by molar-refractivity contribution is 9.10. The van der Waals surface area contributed by atoms with Gasteiger partial charge in [0.1, 0.15) is 0 Å². The zero-order valence-corrected chi connectivity index (χ0v) is 12.1. The molecule has 0 bridgehead atoms. The summed E-state index contributed by atoms with van der Waals surface area (Å²) in [5.41, 5.74) is 1.68. The van der Waals surface area contributed by atoms with Crippen molar-refractivity contribution in [3.8, 4) is 0 Å². The predicted molar refractivity (Wildman–Crippen MR) is 81.5 cm³/mol. The normalized spacial score (nSPS) is 10.8. The maximum atomic E-state index is 11.1. The topological polar surface area (TPSA) is 37.3 Å². The summed E-state index contributed by atoms with van der Waals surface area (Å²) in [5, 5.41) is 9.55. The predicted octanol–water partition coefficient (Wildman–Crippen LogP) is 4.97. The van der Waals surface area contributed by atoms with Crippen molar-refractivity contribution in [3.05, 3.63) is 68.7 Å². The summed E-state index contributed by atoms with van der Waals surface area (Å²) in [7, 11) is 0. The Labute approximate surface area is 124 Å². The summed E-state index contributed by atoms with van der Waals surface area (Å²) in [6.07, 6.45) is 3.55. The van der Waals surface area contributed by atoms with Gasteiger partial charge in [-0.2, -0.15) is 0 Å². The average Bonchev–Trinajstić information content (AvgIpc) is 2.39. The quantitative estimate of drug-likeness (QED) is 0.803. The van der Waals surface area contributed by atoms with E-state index in [2.05, 4.69) is 15.9 Å². The van der Waals surface area contributed by atoms with Gasteiger partial charge in [0.05, 0.1) is 5.56 Å². The van der Waals surface area contributed by atoms with Gasteiger partial charge in [0.2, 0.25) is 0 Å². The molecule has 0 spiro atoms. The van der Waals surface area contributed by atoms with E-state index in [1.54, 1.807) is 18.2 Å². The molecule has 0 saturated carbocycles. The van der Waals surface area contributed by atoms with Crippen LogP contribution in [-0.2, 0) is 0 Å². The van der Waals surface area contributed by atoms with Crippen molar-refractivity contribution in [3.63, 3.8) is 0 Å². The fraction of sp³-hybridized carbons (Fsp3) is 0. The molecule has 2 nitrogen and oxygen atoms in total. The third kappa shape index (κ3) is 3.46. The molecule has 0 fully saturated rings. The van der Waals surface area contributed by atoms with Gasteiger partial charge in [-0.25, -0.2) is 4.79 Å². The number of carbonyl (C=O) groups is 1. The van der Waals surface area contributed by atoms with Crippen molar-refractivity contribution >= 4 is 45.7 Å². The Morgan fingerprint density at radius 1 is 1.11 bits per heavy atom. The molecule has 0 atom stereocenters. The molecule has 1 N–H and O–H groups in total. The summed E-state index contributed by atoms with van der Waals surface area (Å²) in [5.74, 6) is -0.988. The average molecular weight is 338 g/mol. The Balaban J connectivity index is 2.37. The highest BCUT2D eigenvalue weighted by Crippen LogP contribution is 2.23. The van der Waals surface area contributed by atoms with Gasteiger partial charge in [0.15, 0.2) is 0 Å². The van der Waals surface area contributed by atoms with E-state index < -0.39 is 5.97 Å². The summed E-state index contributed by atoms with van der Waals surface area (Å²) in [6.45, 7) is 0. The lowest BCUT2D eigenvalue weighted by Gasteiger charge is -2.03. The van der Waals surface area contributed by atoms with Crippen LogP contribution in [0.15, 0.2) is 46.9 Å². The van der Waals surface area contributed by atoms with Crippen molar-refractivity contribution in [1.82, 2.24) is 0 Å². The van der Waals surface area contributed by atoms with Gasteiger partial charge in [-0.1, -0.05) is 57.9 Å². The highest BCUT2D eigenvalue weighted by Gasteiger charge is 2.10. The van der Waals surface area contributed by atoms with Crippen LogP contribution in [0.1, 0.15) is 21.5 Å². The van der Waals surface area contributed by atoms with Gasteiger partial charge in [0.25, 0.3) is 0 Å². The number of carboxylic acids is 1. The number of rotatable bonds is 3. The minimum Gasteiger partial charge on any atom is -0.478 e. The molecule has 2 rings (SSSR count). The van der Waals surface area contributed by atoms with Crippen molar-refractivity contribution in [2.75, 3.05) is 0 Å². The van der Waals surface area contributed by atoms with Gasteiger partial charge >= 0.3 is 5.97 Å². The van der Waals surface area contributed by atoms with Crippen molar-refractivity contribution < 1.29 is 9.90 Å². The molecule has 0 aliphatic carbocycles. The molecule has 2 aromatic carbocycles. The number of hydrogen-bond donors (Lipinski definition) is 1. The summed E-state index contributed by atoms with van der Waals surface area (Å²) >= 11 is 9.40. The minimum atomic E-state index is -0.988. The van der Waals surface area contributed by atoms with Crippen LogP contribution in [0.2, 0.25) is 5.02 Å². The molecule has 0 heterocycles. The first kappa shape index (κ1) is 13.8. The second-order valence-electron chi connectivity index (χ2n) is 3.89. The van der Waals surface area contributed by atoms with E-state index in [0.717, 1.165) is 10.0 Å². The number of halogens is 2. The Morgan fingerprint density at radius 3 is 2.42 bits per heavy atom. The maximum Gasteiger partial charge on any atom is 0.336 e. The van der Waals surface area contributed by atoms with Gasteiger partial charge < -0.3 is 5.11 Å². The molecule has 19 heavy (non-hydrogen) atoms. The molecular weight excluding hydrogens is 328 g/mol. The van der Waals surface area contributed by atoms with E-state index in [1.807, 2.05) is 30.3 Å². The van der Waals surface area contributed by atoms with E-state index in [9.17, 15) is 4.79 Å². The van der Waals surface area contributed by atoms with Crippen LogP contribution in [0.4, 0.5) is 0 Å². The smallest absolute Gasteiger partial charge is 0.336 e. The highest BCUT2D eigenvalue weighted by atomic mass is 79.9. The fourth-order valence-electron chi connectivity index (χ4n) is 1.65. The first-order valence-electron chi connectivity index (χ1n) is 5.53. The third-order valence-electron chi connectivity index (χ3n) is 2.60. The van der Waals surface area contributed by atoms with Gasteiger partial charge in [-0.05, 0) is 29.8 Å². The molecule has 0 unspecified atom stereocenters. The van der Waals surface area contributed by atoms with E-state index >= 15 is 0 Å². The van der Waals surface area contributed by atoms with Crippen LogP contribution in [0, 0.1) is 0 Å². The minimum absolute atomic E-state index is 0.195. The van der Waals surface area contributed by atoms with Gasteiger partial charge in [-0.15, -0.1) is 0 Å². The van der Waals surface area contributed by atoms with Gasteiger partial charge in [0, 0.05) is 15.1 Å². The molecule has 96 valence electrons. The SMILES string of the molecule is O=C(O)c1cccc(Cl)c1/C=C/c1ccc(Br)cc1. The second-order valence-corrected chi connectivity index (χ2v) is 5.21. The van der Waals surface area contributed by atoms with Crippen LogP contribution in [-0.4, -0.2) is 11.1 Å². The van der Waals surface area contributed by atoms with Crippen LogP contribution in [0.5, 0.6) is 0 Å². The molecule has 0 radical (unpaired) electrons. The zero-order chi connectivity index (χ0) is 13.8. The molecule has 4 heteroatoms. The molecule has 0 aromatic heterocycles. The maximum absolute atomic E-state index is 11.1. The van der Waals surface area contributed by atoms with Crippen molar-refractivity contribution in [1.29, 1.82) is 0 Å². The lowest BCUT2D eigenvalue weighted by Crippen LogP contribution is -1.99. The molecule has 2 aromatic rings. The number of benzene rings is 2.